The highest BCUT2D eigenvalue weighted by Crippen LogP contribution is 2.19. The maximum Gasteiger partial charge on any atom is 0.253 e. The number of nitrogens with zero attached hydrogens (tertiary/aromatic N) is 1. The van der Waals surface area contributed by atoms with E-state index in [-0.39, 0.29) is 23.5 Å². The molecule has 1 saturated heterocycles. The molecule has 1 aromatic carbocycles. The van der Waals surface area contributed by atoms with Gasteiger partial charge in [0.2, 0.25) is 5.91 Å². The fourth-order valence-electron chi connectivity index (χ4n) is 2.68. The van der Waals surface area contributed by atoms with E-state index in [4.69, 9.17) is 0 Å². The van der Waals surface area contributed by atoms with Crippen LogP contribution in [-0.2, 0) is 4.79 Å². The number of unbranched alkanes of at least 4 members (excludes halogenated alkanes) is 1. The van der Waals surface area contributed by atoms with Crippen LogP contribution >= 0.6 is 0 Å². The average Bonchev–Trinajstić information content (AvgIpc) is 2.55. The molecule has 2 amide bonds. The Kier molecular flexibility index (Phi) is 5.92. The van der Waals surface area contributed by atoms with Crippen LogP contribution in [0.2, 0.25) is 0 Å². The lowest BCUT2D eigenvalue weighted by molar-refractivity contribution is -0.126. The molecular formula is C17H23FN2O2. The Morgan fingerprint density at radius 3 is 2.73 bits per heavy atom. The standard InChI is InChI=1S/C17H23FN2O2/c1-2-3-10-19-16(21)14-5-4-11-20(12-14)17(22)13-6-8-15(18)9-7-13/h6-9,14H,2-5,10-12H2,1H3,(H,19,21)/t14-/m1/s1. The van der Waals surface area contributed by atoms with E-state index in [1.807, 2.05) is 0 Å². The van der Waals surface area contributed by atoms with Crippen molar-refractivity contribution in [3.8, 4) is 0 Å². The van der Waals surface area contributed by atoms with Crippen LogP contribution in [-0.4, -0.2) is 36.3 Å². The van der Waals surface area contributed by atoms with E-state index in [1.54, 1.807) is 4.90 Å². The van der Waals surface area contributed by atoms with Gasteiger partial charge in [-0.15, -0.1) is 0 Å². The fourth-order valence-corrected chi connectivity index (χ4v) is 2.68. The van der Waals surface area contributed by atoms with Gasteiger partial charge >= 0.3 is 0 Å². The highest BCUT2D eigenvalue weighted by molar-refractivity contribution is 5.94. The van der Waals surface area contributed by atoms with Crippen LogP contribution in [0.4, 0.5) is 4.39 Å². The number of carbonyl (C=O) groups excluding carboxylic acids is 2. The summed E-state index contributed by atoms with van der Waals surface area (Å²) in [5.41, 5.74) is 0.466. The summed E-state index contributed by atoms with van der Waals surface area (Å²) in [6.45, 7) is 3.86. The molecule has 0 radical (unpaired) electrons. The van der Waals surface area contributed by atoms with Crippen molar-refractivity contribution in [2.45, 2.75) is 32.6 Å². The number of piperidine rings is 1. The maximum atomic E-state index is 12.9. The van der Waals surface area contributed by atoms with Gasteiger partial charge in [0.05, 0.1) is 5.92 Å². The Bertz CT molecular complexity index is 516. The second kappa shape index (κ2) is 7.92. The summed E-state index contributed by atoms with van der Waals surface area (Å²) in [4.78, 5) is 26.2. The Balaban J connectivity index is 1.93. The number of hydrogen-bond donors (Lipinski definition) is 1. The van der Waals surface area contributed by atoms with E-state index in [0.29, 0.717) is 25.2 Å². The molecule has 0 spiro atoms. The van der Waals surface area contributed by atoms with E-state index in [1.165, 1.54) is 24.3 Å². The van der Waals surface area contributed by atoms with Crippen molar-refractivity contribution >= 4 is 11.8 Å². The topological polar surface area (TPSA) is 49.4 Å². The molecule has 1 N–H and O–H groups in total. The van der Waals surface area contributed by atoms with Crippen LogP contribution in [0, 0.1) is 11.7 Å². The maximum absolute atomic E-state index is 12.9. The van der Waals surface area contributed by atoms with Crippen molar-refractivity contribution in [3.63, 3.8) is 0 Å². The molecule has 1 aliphatic heterocycles. The molecule has 4 nitrogen and oxygen atoms in total. The largest absolute Gasteiger partial charge is 0.356 e. The number of hydrogen-bond acceptors (Lipinski definition) is 2. The van der Waals surface area contributed by atoms with Crippen LogP contribution in [0.15, 0.2) is 24.3 Å². The highest BCUT2D eigenvalue weighted by atomic mass is 19.1. The van der Waals surface area contributed by atoms with E-state index < -0.39 is 0 Å². The Labute approximate surface area is 130 Å². The molecule has 1 fully saturated rings. The molecule has 1 aromatic rings. The van der Waals surface area contributed by atoms with Crippen molar-refractivity contribution in [2.24, 2.45) is 5.92 Å². The second-order valence-corrected chi connectivity index (χ2v) is 5.74. The summed E-state index contributed by atoms with van der Waals surface area (Å²) >= 11 is 0. The first-order valence-electron chi connectivity index (χ1n) is 7.94. The summed E-state index contributed by atoms with van der Waals surface area (Å²) in [7, 11) is 0. The third-order valence-electron chi connectivity index (χ3n) is 4.00. The predicted octanol–water partition coefficient (Wildman–Crippen LogP) is 2.59. The molecule has 1 atom stereocenters. The summed E-state index contributed by atoms with van der Waals surface area (Å²) in [6, 6.07) is 5.55. The molecule has 22 heavy (non-hydrogen) atoms. The smallest absolute Gasteiger partial charge is 0.253 e. The normalized spacial score (nSPS) is 18.1. The van der Waals surface area contributed by atoms with Gasteiger partial charge in [-0.1, -0.05) is 13.3 Å². The summed E-state index contributed by atoms with van der Waals surface area (Å²) in [5.74, 6) is -0.602. The number of rotatable bonds is 5. The van der Waals surface area contributed by atoms with Crippen LogP contribution in [0.25, 0.3) is 0 Å². The van der Waals surface area contributed by atoms with Gasteiger partial charge in [-0.05, 0) is 43.5 Å². The first kappa shape index (κ1) is 16.5. The number of halogens is 1. The van der Waals surface area contributed by atoms with Gasteiger partial charge < -0.3 is 10.2 Å². The molecule has 5 heteroatoms. The molecule has 0 aromatic heterocycles. The Hall–Kier alpha value is -1.91. The lowest BCUT2D eigenvalue weighted by Crippen LogP contribution is -2.45. The molecule has 0 bridgehead atoms. The van der Waals surface area contributed by atoms with Crippen LogP contribution < -0.4 is 5.32 Å². The van der Waals surface area contributed by atoms with Crippen molar-refractivity contribution in [3.05, 3.63) is 35.6 Å². The number of benzene rings is 1. The summed E-state index contributed by atoms with van der Waals surface area (Å²) in [6.07, 6.45) is 3.64. The minimum atomic E-state index is -0.358. The molecule has 2 rings (SSSR count). The molecular weight excluding hydrogens is 283 g/mol. The lowest BCUT2D eigenvalue weighted by Gasteiger charge is -2.32. The quantitative estimate of drug-likeness (QED) is 0.850. The van der Waals surface area contributed by atoms with Gasteiger partial charge in [0.25, 0.3) is 5.91 Å². The average molecular weight is 306 g/mol. The number of carbonyl (C=O) groups is 2. The van der Waals surface area contributed by atoms with Crippen molar-refractivity contribution in [1.29, 1.82) is 0 Å². The Morgan fingerprint density at radius 1 is 1.32 bits per heavy atom. The van der Waals surface area contributed by atoms with Gasteiger partial charge in [0.15, 0.2) is 0 Å². The van der Waals surface area contributed by atoms with E-state index in [0.717, 1.165) is 25.7 Å². The Morgan fingerprint density at radius 2 is 2.05 bits per heavy atom. The van der Waals surface area contributed by atoms with Crippen LogP contribution in [0.5, 0.6) is 0 Å². The highest BCUT2D eigenvalue weighted by Gasteiger charge is 2.28. The van der Waals surface area contributed by atoms with Gasteiger partial charge in [0.1, 0.15) is 5.82 Å². The van der Waals surface area contributed by atoms with Gasteiger partial charge in [-0.25, -0.2) is 4.39 Å². The van der Waals surface area contributed by atoms with Gasteiger partial charge in [-0.2, -0.15) is 0 Å². The third kappa shape index (κ3) is 4.29. The monoisotopic (exact) mass is 306 g/mol. The zero-order valence-corrected chi connectivity index (χ0v) is 13.0. The summed E-state index contributed by atoms with van der Waals surface area (Å²) in [5, 5.41) is 2.93. The van der Waals surface area contributed by atoms with E-state index in [2.05, 4.69) is 12.2 Å². The van der Waals surface area contributed by atoms with E-state index >= 15 is 0 Å². The van der Waals surface area contributed by atoms with Gasteiger partial charge in [-0.3, -0.25) is 9.59 Å². The molecule has 1 aliphatic rings. The molecule has 0 saturated carbocycles. The third-order valence-corrected chi connectivity index (χ3v) is 4.00. The minimum absolute atomic E-state index is 0.0325. The first-order chi connectivity index (χ1) is 10.6. The number of likely N-dealkylation sites (tertiary alicyclic amines) is 1. The van der Waals surface area contributed by atoms with Crippen molar-refractivity contribution in [1.82, 2.24) is 10.2 Å². The number of amides is 2. The first-order valence-corrected chi connectivity index (χ1v) is 7.94. The molecule has 0 unspecified atom stereocenters. The lowest BCUT2D eigenvalue weighted by atomic mass is 9.96. The number of nitrogens with one attached hydrogen (secondary N) is 1. The van der Waals surface area contributed by atoms with Crippen LogP contribution in [0.1, 0.15) is 43.0 Å². The fraction of sp³-hybridized carbons (Fsp3) is 0.529. The van der Waals surface area contributed by atoms with Crippen molar-refractivity contribution < 1.29 is 14.0 Å². The summed E-state index contributed by atoms with van der Waals surface area (Å²) < 4.78 is 12.9. The molecule has 0 aliphatic carbocycles. The van der Waals surface area contributed by atoms with E-state index in [9.17, 15) is 14.0 Å². The second-order valence-electron chi connectivity index (χ2n) is 5.74. The predicted molar refractivity (Wildman–Crippen MR) is 82.9 cm³/mol. The van der Waals surface area contributed by atoms with Crippen molar-refractivity contribution in [2.75, 3.05) is 19.6 Å². The molecule has 1 heterocycles. The molecule has 120 valence electrons. The van der Waals surface area contributed by atoms with Crippen LogP contribution in [0.3, 0.4) is 0 Å². The SMILES string of the molecule is CCCCNC(=O)[C@@H]1CCCN(C(=O)c2ccc(F)cc2)C1. The zero-order chi connectivity index (χ0) is 15.9. The zero-order valence-electron chi connectivity index (χ0n) is 13.0. The van der Waals surface area contributed by atoms with Gasteiger partial charge in [0, 0.05) is 25.2 Å². The minimum Gasteiger partial charge on any atom is -0.356 e.